The molecule has 5 heteroatoms. The molecule has 1 fully saturated rings. The Balaban J connectivity index is 1.64. The van der Waals surface area contributed by atoms with Crippen molar-refractivity contribution in [1.82, 2.24) is 14.5 Å². The van der Waals surface area contributed by atoms with Gasteiger partial charge in [-0.1, -0.05) is 18.2 Å². The largest absolute Gasteiger partial charge is 0.396 e. The van der Waals surface area contributed by atoms with Gasteiger partial charge in [0.1, 0.15) is 5.82 Å². The molecule has 0 spiro atoms. The lowest BCUT2D eigenvalue weighted by Crippen LogP contribution is -2.39. The van der Waals surface area contributed by atoms with Crippen molar-refractivity contribution in [2.45, 2.75) is 19.8 Å². The number of carbonyl (C=O) groups excluding carboxylic acids is 1. The molecule has 1 aromatic heterocycles. The molecule has 3 aromatic rings. The number of nitrogens with zero attached hydrogens (tertiary/aromatic N) is 3. The van der Waals surface area contributed by atoms with E-state index in [0.717, 1.165) is 35.4 Å². The quantitative estimate of drug-likeness (QED) is 0.790. The lowest BCUT2D eigenvalue weighted by atomic mass is 9.97. The number of fused-ring (bicyclic) bond motifs is 1. The lowest BCUT2D eigenvalue weighted by molar-refractivity contribution is 0.0651. The van der Waals surface area contributed by atoms with Crippen LogP contribution in [0.2, 0.25) is 0 Å². The minimum atomic E-state index is 0.0511. The van der Waals surface area contributed by atoms with Gasteiger partial charge in [-0.05, 0) is 56.0 Å². The van der Waals surface area contributed by atoms with Crippen LogP contribution in [0.5, 0.6) is 0 Å². The molecule has 4 rings (SSSR count). The molecule has 0 atom stereocenters. The summed E-state index contributed by atoms with van der Waals surface area (Å²) in [5, 5.41) is 9.26. The number of likely N-dealkylation sites (tertiary alicyclic amines) is 1. The van der Waals surface area contributed by atoms with Crippen LogP contribution in [0.3, 0.4) is 0 Å². The zero-order chi connectivity index (χ0) is 18.1. The highest BCUT2D eigenvalue weighted by Crippen LogP contribution is 2.24. The molecule has 1 saturated heterocycles. The average molecular weight is 349 g/mol. The predicted molar refractivity (Wildman–Crippen MR) is 102 cm³/mol. The summed E-state index contributed by atoms with van der Waals surface area (Å²) in [6.45, 7) is 3.61. The van der Waals surface area contributed by atoms with Crippen molar-refractivity contribution in [1.29, 1.82) is 0 Å². The zero-order valence-electron chi connectivity index (χ0n) is 14.9. The molecule has 0 radical (unpaired) electrons. The number of imidazole rings is 1. The Bertz CT molecular complexity index is 925. The van der Waals surface area contributed by atoms with Gasteiger partial charge in [-0.3, -0.25) is 9.36 Å². The van der Waals surface area contributed by atoms with E-state index in [1.165, 1.54) is 0 Å². The van der Waals surface area contributed by atoms with Crippen molar-refractivity contribution in [2.75, 3.05) is 19.7 Å². The Morgan fingerprint density at radius 2 is 1.88 bits per heavy atom. The van der Waals surface area contributed by atoms with Gasteiger partial charge >= 0.3 is 0 Å². The van der Waals surface area contributed by atoms with Crippen molar-refractivity contribution in [3.05, 3.63) is 59.9 Å². The van der Waals surface area contributed by atoms with Gasteiger partial charge in [-0.15, -0.1) is 0 Å². The number of aryl methyl sites for hydroxylation is 1. The normalized spacial score (nSPS) is 15.5. The zero-order valence-corrected chi connectivity index (χ0v) is 14.9. The maximum Gasteiger partial charge on any atom is 0.253 e. The molecule has 2 aromatic carbocycles. The predicted octanol–water partition coefficient (Wildman–Crippen LogP) is 3.18. The van der Waals surface area contributed by atoms with Crippen molar-refractivity contribution in [3.8, 4) is 5.69 Å². The second-order valence-corrected chi connectivity index (χ2v) is 6.95. The molecule has 1 amide bonds. The van der Waals surface area contributed by atoms with Crippen LogP contribution < -0.4 is 0 Å². The highest BCUT2D eigenvalue weighted by atomic mass is 16.3. The van der Waals surface area contributed by atoms with Crippen LogP contribution in [-0.2, 0) is 0 Å². The molecule has 0 bridgehead atoms. The third kappa shape index (κ3) is 2.99. The average Bonchev–Trinajstić information content (AvgIpc) is 3.03. The van der Waals surface area contributed by atoms with Crippen molar-refractivity contribution in [3.63, 3.8) is 0 Å². The first-order valence-corrected chi connectivity index (χ1v) is 9.12. The molecule has 1 N–H and O–H groups in total. The number of aliphatic hydroxyl groups excluding tert-OH is 1. The lowest BCUT2D eigenvalue weighted by Gasteiger charge is -2.31. The maximum absolute atomic E-state index is 12.8. The molecule has 0 unspecified atom stereocenters. The topological polar surface area (TPSA) is 58.4 Å². The van der Waals surface area contributed by atoms with Gasteiger partial charge in [-0.25, -0.2) is 4.98 Å². The summed E-state index contributed by atoms with van der Waals surface area (Å²) in [7, 11) is 0. The van der Waals surface area contributed by atoms with E-state index >= 15 is 0 Å². The molecule has 1 aliphatic rings. The summed E-state index contributed by atoms with van der Waals surface area (Å²) in [6.07, 6.45) is 1.73. The first kappa shape index (κ1) is 16.8. The van der Waals surface area contributed by atoms with E-state index in [0.29, 0.717) is 24.6 Å². The summed E-state index contributed by atoms with van der Waals surface area (Å²) in [5.74, 6) is 1.28. The molecule has 134 valence electrons. The molecular weight excluding hydrogens is 326 g/mol. The van der Waals surface area contributed by atoms with Crippen molar-refractivity contribution >= 4 is 16.9 Å². The van der Waals surface area contributed by atoms with Crippen LogP contribution in [-0.4, -0.2) is 45.2 Å². The molecule has 26 heavy (non-hydrogen) atoms. The molecular formula is C21H23N3O2. The van der Waals surface area contributed by atoms with E-state index < -0.39 is 0 Å². The van der Waals surface area contributed by atoms with Gasteiger partial charge in [0, 0.05) is 30.9 Å². The van der Waals surface area contributed by atoms with Crippen LogP contribution in [0, 0.1) is 12.8 Å². The standard InChI is InChI=1S/C21H23N3O2/c1-15-22-19-13-17(21(26)23-11-9-16(14-25)10-12-23)7-8-20(19)24(15)18-5-3-2-4-6-18/h2-8,13,16,25H,9-12,14H2,1H3. The van der Waals surface area contributed by atoms with Crippen LogP contribution in [0.1, 0.15) is 29.0 Å². The Hall–Kier alpha value is -2.66. The third-order valence-corrected chi connectivity index (χ3v) is 5.24. The van der Waals surface area contributed by atoms with Gasteiger partial charge in [-0.2, -0.15) is 0 Å². The van der Waals surface area contributed by atoms with Crippen LogP contribution in [0.15, 0.2) is 48.5 Å². The van der Waals surface area contributed by atoms with Crippen LogP contribution in [0.25, 0.3) is 16.7 Å². The number of hydrogen-bond acceptors (Lipinski definition) is 3. The fourth-order valence-electron chi connectivity index (χ4n) is 3.74. The Morgan fingerprint density at radius 3 is 2.58 bits per heavy atom. The van der Waals surface area contributed by atoms with Crippen LogP contribution >= 0.6 is 0 Å². The summed E-state index contributed by atoms with van der Waals surface area (Å²) in [4.78, 5) is 19.4. The SMILES string of the molecule is Cc1nc2cc(C(=O)N3CCC(CO)CC3)ccc2n1-c1ccccc1. The number of aromatic nitrogens is 2. The van der Waals surface area contributed by atoms with Crippen LogP contribution in [0.4, 0.5) is 0 Å². The number of amides is 1. The van der Waals surface area contributed by atoms with E-state index in [4.69, 9.17) is 0 Å². The molecule has 5 nitrogen and oxygen atoms in total. The van der Waals surface area contributed by atoms with E-state index in [1.54, 1.807) is 0 Å². The third-order valence-electron chi connectivity index (χ3n) is 5.24. The highest BCUT2D eigenvalue weighted by Gasteiger charge is 2.23. The smallest absolute Gasteiger partial charge is 0.253 e. The first-order chi connectivity index (χ1) is 12.7. The van der Waals surface area contributed by atoms with Crippen molar-refractivity contribution < 1.29 is 9.90 Å². The van der Waals surface area contributed by atoms with E-state index in [9.17, 15) is 9.90 Å². The monoisotopic (exact) mass is 349 g/mol. The van der Waals surface area contributed by atoms with Gasteiger partial charge in [0.25, 0.3) is 5.91 Å². The number of rotatable bonds is 3. The second-order valence-electron chi connectivity index (χ2n) is 6.95. The van der Waals surface area contributed by atoms with Gasteiger partial charge in [0.05, 0.1) is 11.0 Å². The molecule has 1 aliphatic heterocycles. The Kier molecular flexibility index (Phi) is 4.47. The summed E-state index contributed by atoms with van der Waals surface area (Å²) in [5.41, 5.74) is 3.59. The fourth-order valence-corrected chi connectivity index (χ4v) is 3.74. The van der Waals surface area contributed by atoms with Crippen molar-refractivity contribution in [2.24, 2.45) is 5.92 Å². The number of benzene rings is 2. The number of carbonyl (C=O) groups is 1. The first-order valence-electron chi connectivity index (χ1n) is 9.12. The number of para-hydroxylation sites is 1. The number of aliphatic hydroxyl groups is 1. The minimum absolute atomic E-state index is 0.0511. The van der Waals surface area contributed by atoms with E-state index in [2.05, 4.69) is 21.7 Å². The van der Waals surface area contributed by atoms with Gasteiger partial charge < -0.3 is 10.0 Å². The minimum Gasteiger partial charge on any atom is -0.396 e. The molecule has 0 aliphatic carbocycles. The van der Waals surface area contributed by atoms with Gasteiger partial charge in [0.15, 0.2) is 0 Å². The van der Waals surface area contributed by atoms with Gasteiger partial charge in [0.2, 0.25) is 0 Å². The maximum atomic E-state index is 12.8. The van der Waals surface area contributed by atoms with E-state index in [-0.39, 0.29) is 12.5 Å². The summed E-state index contributed by atoms with van der Waals surface area (Å²) >= 11 is 0. The Labute approximate surface area is 152 Å². The summed E-state index contributed by atoms with van der Waals surface area (Å²) in [6, 6.07) is 15.9. The second kappa shape index (κ2) is 6.92. The number of piperidine rings is 1. The molecule has 0 saturated carbocycles. The Morgan fingerprint density at radius 1 is 1.15 bits per heavy atom. The fraction of sp³-hybridized carbons (Fsp3) is 0.333. The highest BCUT2D eigenvalue weighted by molar-refractivity contribution is 5.97. The molecule has 2 heterocycles. The summed E-state index contributed by atoms with van der Waals surface area (Å²) < 4.78 is 2.11. The number of hydrogen-bond donors (Lipinski definition) is 1. The van der Waals surface area contributed by atoms with E-state index in [1.807, 2.05) is 48.2 Å².